The molecule has 1 aliphatic heterocycles. The Labute approximate surface area is 164 Å². The zero-order valence-electron chi connectivity index (χ0n) is 16.4. The molecule has 0 atom stereocenters. The monoisotopic (exact) mass is 383 g/mol. The van der Waals surface area contributed by atoms with Crippen molar-refractivity contribution in [2.45, 2.75) is 20.8 Å². The summed E-state index contributed by atoms with van der Waals surface area (Å²) in [6, 6.07) is 6.01. The summed E-state index contributed by atoms with van der Waals surface area (Å²) in [6.45, 7) is 8.00. The van der Waals surface area contributed by atoms with Crippen LogP contribution in [-0.2, 0) is 4.74 Å². The van der Waals surface area contributed by atoms with Crippen molar-refractivity contribution in [3.05, 3.63) is 47.4 Å². The molecule has 0 saturated carbocycles. The van der Waals surface area contributed by atoms with Crippen LogP contribution in [0.3, 0.4) is 0 Å². The van der Waals surface area contributed by atoms with E-state index in [2.05, 4.69) is 28.3 Å². The SMILES string of the molecule is CCOC(=O)N1CCN(C(=O)c2cnc(Nc3cccc(C)c3C)cn2)CC1. The van der Waals surface area contributed by atoms with E-state index in [1.54, 1.807) is 22.9 Å². The molecule has 8 nitrogen and oxygen atoms in total. The summed E-state index contributed by atoms with van der Waals surface area (Å²) in [5, 5.41) is 3.23. The van der Waals surface area contributed by atoms with Gasteiger partial charge in [0.2, 0.25) is 0 Å². The molecule has 28 heavy (non-hydrogen) atoms. The van der Waals surface area contributed by atoms with Crippen molar-refractivity contribution in [3.8, 4) is 0 Å². The molecule has 2 amide bonds. The van der Waals surface area contributed by atoms with Crippen LogP contribution in [0.1, 0.15) is 28.5 Å². The normalized spacial score (nSPS) is 14.0. The highest BCUT2D eigenvalue weighted by Crippen LogP contribution is 2.21. The summed E-state index contributed by atoms with van der Waals surface area (Å²) in [5.74, 6) is 0.395. The fourth-order valence-corrected chi connectivity index (χ4v) is 3.00. The first-order valence-electron chi connectivity index (χ1n) is 9.36. The Morgan fingerprint density at radius 2 is 1.79 bits per heavy atom. The first-order chi connectivity index (χ1) is 13.5. The van der Waals surface area contributed by atoms with Gasteiger partial charge in [0.05, 0.1) is 19.0 Å². The summed E-state index contributed by atoms with van der Waals surface area (Å²) < 4.78 is 4.99. The average Bonchev–Trinajstić information content (AvgIpc) is 2.72. The molecule has 1 saturated heterocycles. The van der Waals surface area contributed by atoms with Gasteiger partial charge in [0.25, 0.3) is 5.91 Å². The Morgan fingerprint density at radius 3 is 2.43 bits per heavy atom. The number of hydrogen-bond acceptors (Lipinski definition) is 6. The molecule has 1 N–H and O–H groups in total. The van der Waals surface area contributed by atoms with Gasteiger partial charge in [0, 0.05) is 31.9 Å². The Hall–Kier alpha value is -3.16. The number of nitrogens with zero attached hydrogens (tertiary/aromatic N) is 4. The summed E-state index contributed by atoms with van der Waals surface area (Å²) in [4.78, 5) is 36.3. The van der Waals surface area contributed by atoms with Gasteiger partial charge in [-0.05, 0) is 38.0 Å². The molecule has 3 rings (SSSR count). The summed E-state index contributed by atoms with van der Waals surface area (Å²) in [6.07, 6.45) is 2.70. The van der Waals surface area contributed by atoms with Crippen LogP contribution in [0.4, 0.5) is 16.3 Å². The molecule has 0 unspecified atom stereocenters. The Bertz CT molecular complexity index is 845. The molecule has 8 heteroatoms. The number of benzene rings is 1. The summed E-state index contributed by atoms with van der Waals surface area (Å²) in [5.41, 5.74) is 3.58. The average molecular weight is 383 g/mol. The predicted octanol–water partition coefficient (Wildman–Crippen LogP) is 2.75. The number of hydrogen-bond donors (Lipinski definition) is 1. The van der Waals surface area contributed by atoms with Crippen LogP contribution < -0.4 is 5.32 Å². The zero-order chi connectivity index (χ0) is 20.1. The minimum atomic E-state index is -0.337. The van der Waals surface area contributed by atoms with E-state index >= 15 is 0 Å². The maximum Gasteiger partial charge on any atom is 0.409 e. The third kappa shape index (κ3) is 4.39. The lowest BCUT2D eigenvalue weighted by molar-refractivity contribution is 0.0565. The maximum atomic E-state index is 12.6. The Balaban J connectivity index is 1.60. The van der Waals surface area contributed by atoms with Crippen molar-refractivity contribution in [1.82, 2.24) is 19.8 Å². The number of aryl methyl sites for hydroxylation is 1. The van der Waals surface area contributed by atoms with Crippen LogP contribution >= 0.6 is 0 Å². The molecule has 2 heterocycles. The highest BCUT2D eigenvalue weighted by atomic mass is 16.6. The van der Waals surface area contributed by atoms with E-state index in [1.165, 1.54) is 11.8 Å². The van der Waals surface area contributed by atoms with E-state index in [9.17, 15) is 9.59 Å². The van der Waals surface area contributed by atoms with Crippen LogP contribution in [0.5, 0.6) is 0 Å². The smallest absolute Gasteiger partial charge is 0.409 e. The molecular weight excluding hydrogens is 358 g/mol. The van der Waals surface area contributed by atoms with Crippen molar-refractivity contribution in [2.75, 3.05) is 38.1 Å². The molecule has 0 bridgehead atoms. The molecule has 0 radical (unpaired) electrons. The number of aromatic nitrogens is 2. The number of rotatable bonds is 4. The molecule has 1 aliphatic rings. The number of ether oxygens (including phenoxy) is 1. The van der Waals surface area contributed by atoms with Gasteiger partial charge >= 0.3 is 6.09 Å². The topological polar surface area (TPSA) is 87.7 Å². The second kappa shape index (κ2) is 8.69. The minimum absolute atomic E-state index is 0.186. The second-order valence-corrected chi connectivity index (χ2v) is 6.64. The lowest BCUT2D eigenvalue weighted by atomic mass is 10.1. The zero-order valence-corrected chi connectivity index (χ0v) is 16.4. The number of anilines is 2. The van der Waals surface area contributed by atoms with E-state index in [0.717, 1.165) is 11.3 Å². The largest absolute Gasteiger partial charge is 0.450 e. The van der Waals surface area contributed by atoms with Gasteiger partial charge in [-0.15, -0.1) is 0 Å². The van der Waals surface area contributed by atoms with Crippen LogP contribution in [0, 0.1) is 13.8 Å². The summed E-state index contributed by atoms with van der Waals surface area (Å²) >= 11 is 0. The number of nitrogens with one attached hydrogen (secondary N) is 1. The number of piperazine rings is 1. The molecule has 0 spiro atoms. The molecular formula is C20H25N5O3. The number of carbonyl (C=O) groups excluding carboxylic acids is 2. The third-order valence-corrected chi connectivity index (χ3v) is 4.83. The van der Waals surface area contributed by atoms with Gasteiger partial charge in [0.15, 0.2) is 0 Å². The molecule has 0 aliphatic carbocycles. The minimum Gasteiger partial charge on any atom is -0.450 e. The Kier molecular flexibility index (Phi) is 6.08. The molecule has 148 valence electrons. The third-order valence-electron chi connectivity index (χ3n) is 4.83. The highest BCUT2D eigenvalue weighted by molar-refractivity contribution is 5.92. The van der Waals surface area contributed by atoms with Gasteiger partial charge in [-0.2, -0.15) is 0 Å². The van der Waals surface area contributed by atoms with Gasteiger partial charge in [0.1, 0.15) is 11.5 Å². The van der Waals surface area contributed by atoms with E-state index in [0.29, 0.717) is 38.6 Å². The molecule has 1 aromatic heterocycles. The summed E-state index contributed by atoms with van der Waals surface area (Å²) in [7, 11) is 0. The lowest BCUT2D eigenvalue weighted by Gasteiger charge is -2.33. The second-order valence-electron chi connectivity index (χ2n) is 6.64. The van der Waals surface area contributed by atoms with Crippen molar-refractivity contribution in [1.29, 1.82) is 0 Å². The predicted molar refractivity (Wildman–Crippen MR) is 106 cm³/mol. The van der Waals surface area contributed by atoms with E-state index < -0.39 is 0 Å². The number of amides is 2. The van der Waals surface area contributed by atoms with E-state index in [1.807, 2.05) is 19.1 Å². The first-order valence-corrected chi connectivity index (χ1v) is 9.36. The molecule has 2 aromatic rings. The van der Waals surface area contributed by atoms with Crippen molar-refractivity contribution in [2.24, 2.45) is 0 Å². The quantitative estimate of drug-likeness (QED) is 0.873. The fourth-order valence-electron chi connectivity index (χ4n) is 3.00. The first kappa shape index (κ1) is 19.6. The van der Waals surface area contributed by atoms with Gasteiger partial charge in [-0.1, -0.05) is 12.1 Å². The van der Waals surface area contributed by atoms with E-state index in [-0.39, 0.29) is 17.7 Å². The molecule has 1 aromatic carbocycles. The maximum absolute atomic E-state index is 12.6. The van der Waals surface area contributed by atoms with Crippen LogP contribution in [-0.4, -0.2) is 64.6 Å². The van der Waals surface area contributed by atoms with Crippen molar-refractivity contribution < 1.29 is 14.3 Å². The lowest BCUT2D eigenvalue weighted by Crippen LogP contribution is -2.50. The highest BCUT2D eigenvalue weighted by Gasteiger charge is 2.26. The van der Waals surface area contributed by atoms with Gasteiger partial charge in [-0.25, -0.2) is 14.8 Å². The van der Waals surface area contributed by atoms with Crippen LogP contribution in [0.25, 0.3) is 0 Å². The van der Waals surface area contributed by atoms with Crippen molar-refractivity contribution in [3.63, 3.8) is 0 Å². The number of carbonyl (C=O) groups is 2. The van der Waals surface area contributed by atoms with Gasteiger partial charge in [-0.3, -0.25) is 4.79 Å². The molecule has 1 fully saturated rings. The Morgan fingerprint density at radius 1 is 1.07 bits per heavy atom. The standard InChI is InChI=1S/C20H25N5O3/c1-4-28-20(27)25-10-8-24(9-11-25)19(26)17-12-22-18(13-21-17)23-16-7-5-6-14(2)15(16)3/h5-7,12-13H,4,8-11H2,1-3H3,(H,22,23). The van der Waals surface area contributed by atoms with Crippen LogP contribution in [0.15, 0.2) is 30.6 Å². The van der Waals surface area contributed by atoms with E-state index in [4.69, 9.17) is 4.74 Å². The van der Waals surface area contributed by atoms with Gasteiger partial charge < -0.3 is 19.9 Å². The van der Waals surface area contributed by atoms with Crippen molar-refractivity contribution >= 4 is 23.5 Å². The fraction of sp³-hybridized carbons (Fsp3) is 0.400. The van der Waals surface area contributed by atoms with Crippen LogP contribution in [0.2, 0.25) is 0 Å².